The van der Waals surface area contributed by atoms with E-state index in [2.05, 4.69) is 52.1 Å². The maximum absolute atomic E-state index is 13.0. The zero-order valence-electron chi connectivity index (χ0n) is 22.3. The number of carbonyl (C=O) groups is 1. The lowest BCUT2D eigenvalue weighted by molar-refractivity contribution is 0.0991. The van der Waals surface area contributed by atoms with E-state index in [1.54, 1.807) is 37.1 Å². The molecule has 0 radical (unpaired) electrons. The van der Waals surface area contributed by atoms with E-state index >= 15 is 0 Å². The zero-order valence-corrected chi connectivity index (χ0v) is 23.1. The number of hydrogen-bond donors (Lipinski definition) is 1. The van der Waals surface area contributed by atoms with Crippen molar-refractivity contribution < 1.29 is 23.4 Å². The molecule has 1 amide bonds. The van der Waals surface area contributed by atoms with Gasteiger partial charge < -0.3 is 23.9 Å². The van der Waals surface area contributed by atoms with Crippen molar-refractivity contribution in [2.45, 2.75) is 68.3 Å². The van der Waals surface area contributed by atoms with Gasteiger partial charge in [-0.15, -0.1) is 0 Å². The fourth-order valence-electron chi connectivity index (χ4n) is 4.72. The lowest BCUT2D eigenvalue weighted by atomic mass is 9.63. The number of hydrogen-bond acceptors (Lipinski definition) is 6. The molecule has 1 heterocycles. The molecular weight excluding hydrogens is 474 g/mol. The number of nitrogens with one attached hydrogen (secondary N) is 1. The smallest absolute Gasteiger partial charge is 0.291 e. The van der Waals surface area contributed by atoms with E-state index < -0.39 is 5.91 Å². The quantitative estimate of drug-likeness (QED) is 0.359. The summed E-state index contributed by atoms with van der Waals surface area (Å²) in [6, 6.07) is 11.5. The summed E-state index contributed by atoms with van der Waals surface area (Å²) in [6.45, 7) is 11.4. The van der Waals surface area contributed by atoms with E-state index in [0.29, 0.717) is 28.0 Å². The predicted molar refractivity (Wildman–Crippen MR) is 143 cm³/mol. The van der Waals surface area contributed by atoms with Crippen LogP contribution in [0, 0.1) is 6.92 Å². The first-order chi connectivity index (χ1) is 17.0. The average Bonchev–Trinajstić information content (AvgIpc) is 3.31. The maximum Gasteiger partial charge on any atom is 0.291 e. The number of benzene rings is 2. The van der Waals surface area contributed by atoms with Gasteiger partial charge in [-0.05, 0) is 65.5 Å². The van der Waals surface area contributed by atoms with Gasteiger partial charge in [0.1, 0.15) is 22.9 Å². The maximum atomic E-state index is 13.0. The third-order valence-corrected chi connectivity index (χ3v) is 8.20. The number of amides is 1. The van der Waals surface area contributed by atoms with Gasteiger partial charge in [0.25, 0.3) is 5.91 Å². The molecule has 0 aliphatic heterocycles. The van der Waals surface area contributed by atoms with Crippen LogP contribution < -0.4 is 19.5 Å². The predicted octanol–water partition coefficient (Wildman–Crippen LogP) is 7.37. The molecule has 0 fully saturated rings. The lowest BCUT2D eigenvalue weighted by Gasteiger charge is -2.42. The number of carbonyl (C=O) groups excluding carboxylic acids is 1. The number of methoxy groups -OCH3 is 3. The van der Waals surface area contributed by atoms with Crippen LogP contribution in [-0.2, 0) is 10.8 Å². The van der Waals surface area contributed by atoms with Gasteiger partial charge in [-0.3, -0.25) is 4.79 Å². The van der Waals surface area contributed by atoms with Gasteiger partial charge in [0.15, 0.2) is 10.9 Å². The number of fused-ring (bicyclic) bond motifs is 1. The Morgan fingerprint density at radius 3 is 2.03 bits per heavy atom. The fraction of sp³-hybridized carbons (Fsp3) is 0.414. The molecule has 0 spiro atoms. The molecule has 1 N–H and O–H groups in total. The summed E-state index contributed by atoms with van der Waals surface area (Å²) in [5.41, 5.74) is 4.74. The summed E-state index contributed by atoms with van der Waals surface area (Å²) in [5.74, 6) is 1.22. The summed E-state index contributed by atoms with van der Waals surface area (Å²) < 4.78 is 22.1. The van der Waals surface area contributed by atoms with Crippen LogP contribution in [-0.4, -0.2) is 27.2 Å². The first-order valence-corrected chi connectivity index (χ1v) is 12.9. The highest BCUT2D eigenvalue weighted by Gasteiger charge is 2.37. The molecule has 6 nitrogen and oxygen atoms in total. The summed E-state index contributed by atoms with van der Waals surface area (Å²) in [5, 5.41) is 3.51. The SMILES string of the molecule is COc1cc(OC)c(NC(=O)c2ccc(Sc3cc4c(cc3C)C(C)(C)CCC4(C)C)o2)c(OC)c1. The Morgan fingerprint density at radius 2 is 1.47 bits per heavy atom. The van der Waals surface area contributed by atoms with Crippen molar-refractivity contribution in [3.63, 3.8) is 0 Å². The largest absolute Gasteiger partial charge is 0.496 e. The monoisotopic (exact) mass is 509 g/mol. The van der Waals surface area contributed by atoms with Crippen molar-refractivity contribution in [2.24, 2.45) is 0 Å². The van der Waals surface area contributed by atoms with Crippen LogP contribution in [0.4, 0.5) is 5.69 Å². The Balaban J connectivity index is 1.58. The van der Waals surface area contributed by atoms with E-state index in [0.717, 1.165) is 11.3 Å². The summed E-state index contributed by atoms with van der Waals surface area (Å²) in [6.07, 6.45) is 2.34. The van der Waals surface area contributed by atoms with E-state index in [9.17, 15) is 4.79 Å². The molecular formula is C29H35NO5S. The van der Waals surface area contributed by atoms with Gasteiger partial charge in [-0.2, -0.15) is 0 Å². The molecule has 36 heavy (non-hydrogen) atoms. The minimum Gasteiger partial charge on any atom is -0.496 e. The molecule has 0 bridgehead atoms. The van der Waals surface area contributed by atoms with Gasteiger partial charge in [0.2, 0.25) is 0 Å². The van der Waals surface area contributed by atoms with Crippen LogP contribution in [0.3, 0.4) is 0 Å². The second-order valence-corrected chi connectivity index (χ2v) is 11.6. The van der Waals surface area contributed by atoms with Gasteiger partial charge >= 0.3 is 0 Å². The van der Waals surface area contributed by atoms with Crippen molar-refractivity contribution in [3.8, 4) is 17.2 Å². The number of rotatable bonds is 7. The molecule has 0 saturated carbocycles. The fourth-order valence-corrected chi connectivity index (χ4v) is 5.60. The molecule has 192 valence electrons. The Morgan fingerprint density at radius 1 is 0.889 bits per heavy atom. The number of furan rings is 1. The number of anilines is 1. The first-order valence-electron chi connectivity index (χ1n) is 12.0. The Labute approximate surface area is 217 Å². The number of aryl methyl sites for hydroxylation is 1. The normalized spacial score (nSPS) is 15.7. The van der Waals surface area contributed by atoms with E-state index in [1.807, 2.05) is 6.07 Å². The molecule has 7 heteroatoms. The van der Waals surface area contributed by atoms with Crippen molar-refractivity contribution in [2.75, 3.05) is 26.6 Å². The molecule has 0 atom stereocenters. The molecule has 1 aromatic heterocycles. The van der Waals surface area contributed by atoms with Crippen LogP contribution in [0.25, 0.3) is 0 Å². The van der Waals surface area contributed by atoms with Gasteiger partial charge in [-0.1, -0.05) is 45.5 Å². The second-order valence-electron chi connectivity index (χ2n) is 10.5. The minimum absolute atomic E-state index is 0.124. The number of ether oxygens (including phenoxy) is 3. The van der Waals surface area contributed by atoms with Crippen molar-refractivity contribution >= 4 is 23.4 Å². The summed E-state index contributed by atoms with van der Waals surface area (Å²) in [4.78, 5) is 14.2. The highest BCUT2D eigenvalue weighted by atomic mass is 32.2. The molecule has 3 aromatic rings. The molecule has 1 aliphatic rings. The lowest BCUT2D eigenvalue weighted by Crippen LogP contribution is -2.34. The Hall–Kier alpha value is -3.06. The van der Waals surface area contributed by atoms with Crippen LogP contribution in [0.1, 0.15) is 67.8 Å². The van der Waals surface area contributed by atoms with E-state index in [4.69, 9.17) is 18.6 Å². The average molecular weight is 510 g/mol. The molecule has 1 aliphatic carbocycles. The van der Waals surface area contributed by atoms with Crippen LogP contribution >= 0.6 is 11.8 Å². The Bertz CT molecular complexity index is 1270. The third-order valence-electron chi connectivity index (χ3n) is 7.12. The van der Waals surface area contributed by atoms with Crippen LogP contribution in [0.5, 0.6) is 17.2 Å². The Kier molecular flexibility index (Phi) is 7.06. The van der Waals surface area contributed by atoms with Gasteiger partial charge in [0, 0.05) is 17.0 Å². The summed E-state index contributed by atoms with van der Waals surface area (Å²) in [7, 11) is 4.60. The molecule has 0 saturated heterocycles. The molecule has 0 unspecified atom stereocenters. The van der Waals surface area contributed by atoms with Crippen molar-refractivity contribution in [3.05, 3.63) is 58.8 Å². The highest BCUT2D eigenvalue weighted by molar-refractivity contribution is 7.99. The van der Waals surface area contributed by atoms with Crippen LogP contribution in [0.2, 0.25) is 0 Å². The zero-order chi connectivity index (χ0) is 26.3. The van der Waals surface area contributed by atoms with E-state index in [1.165, 1.54) is 37.3 Å². The van der Waals surface area contributed by atoms with Crippen LogP contribution in [0.15, 0.2) is 50.8 Å². The highest BCUT2D eigenvalue weighted by Crippen LogP contribution is 2.48. The van der Waals surface area contributed by atoms with Gasteiger partial charge in [-0.25, -0.2) is 0 Å². The topological polar surface area (TPSA) is 69.9 Å². The first kappa shape index (κ1) is 26.0. The van der Waals surface area contributed by atoms with Crippen molar-refractivity contribution in [1.29, 1.82) is 0 Å². The van der Waals surface area contributed by atoms with E-state index in [-0.39, 0.29) is 16.6 Å². The third kappa shape index (κ3) is 4.94. The van der Waals surface area contributed by atoms with Crippen molar-refractivity contribution in [1.82, 2.24) is 0 Å². The molecule has 4 rings (SSSR count). The summed E-state index contributed by atoms with van der Waals surface area (Å²) >= 11 is 1.54. The standard InChI is InChI=1S/C29H35NO5S/c1-17-13-19-20(29(4,5)12-11-28(19,2)3)16-24(17)36-25-10-9-21(35-25)27(31)30-26-22(33-7)14-18(32-6)15-23(26)34-8/h9-10,13-16H,11-12H2,1-8H3,(H,30,31). The minimum atomic E-state index is -0.395. The van der Waals surface area contributed by atoms with Gasteiger partial charge in [0.05, 0.1) is 21.3 Å². The second kappa shape index (κ2) is 9.77. The molecule has 2 aromatic carbocycles.